The lowest BCUT2D eigenvalue weighted by Gasteiger charge is -2.10. The van der Waals surface area contributed by atoms with Gasteiger partial charge in [0.25, 0.3) is 6.43 Å². The van der Waals surface area contributed by atoms with Crippen LogP contribution in [0.5, 0.6) is 0 Å². The van der Waals surface area contributed by atoms with E-state index in [-0.39, 0.29) is 22.6 Å². The maximum atomic E-state index is 12.6. The van der Waals surface area contributed by atoms with Gasteiger partial charge in [-0.1, -0.05) is 0 Å². The van der Waals surface area contributed by atoms with Gasteiger partial charge in [0, 0.05) is 17.3 Å². The highest BCUT2D eigenvalue weighted by Gasteiger charge is 2.22. The second-order valence-electron chi connectivity index (χ2n) is 3.14. The number of aliphatic carboxylic acids is 1. The van der Waals surface area contributed by atoms with Crippen molar-refractivity contribution in [1.82, 2.24) is 4.98 Å². The molecule has 0 bridgehead atoms. The van der Waals surface area contributed by atoms with Crippen LogP contribution in [0.1, 0.15) is 28.8 Å². The van der Waals surface area contributed by atoms with Gasteiger partial charge >= 0.3 is 5.97 Å². The number of hydrogen-bond donors (Lipinski definition) is 1. The Bertz CT molecular complexity index is 486. The molecule has 0 saturated carbocycles. The van der Waals surface area contributed by atoms with E-state index in [1.165, 1.54) is 0 Å². The molecule has 0 spiro atoms. The van der Waals surface area contributed by atoms with Crippen LogP contribution in [-0.4, -0.2) is 16.1 Å². The Balaban J connectivity index is 3.45. The molecule has 0 atom stereocenters. The largest absolute Gasteiger partial charge is 0.481 e. The minimum absolute atomic E-state index is 0.0912. The van der Waals surface area contributed by atoms with Crippen LogP contribution in [0.25, 0.3) is 0 Å². The summed E-state index contributed by atoms with van der Waals surface area (Å²) in [5.74, 6) is -1.40. The van der Waals surface area contributed by atoms with Crippen molar-refractivity contribution >= 4 is 17.6 Å². The number of carboxylic acid groups (broad SMARTS) is 1. The fraction of sp³-hybridized carbons (Fsp3) is 0.300. The minimum atomic E-state index is -2.93. The number of alkyl halides is 3. The SMILES string of the molecule is N#Cc1c(CCl)cnc(C(F)F)c1CC(=O)O. The van der Waals surface area contributed by atoms with Gasteiger partial charge in [-0.15, -0.1) is 11.6 Å². The zero-order valence-corrected chi connectivity index (χ0v) is 9.21. The van der Waals surface area contributed by atoms with Crippen molar-refractivity contribution in [2.45, 2.75) is 18.7 Å². The molecule has 0 aliphatic heterocycles. The van der Waals surface area contributed by atoms with Gasteiger partial charge in [-0.2, -0.15) is 5.26 Å². The summed E-state index contributed by atoms with van der Waals surface area (Å²) in [6.45, 7) is 0. The Morgan fingerprint density at radius 1 is 1.65 bits per heavy atom. The average molecular weight is 261 g/mol. The van der Waals surface area contributed by atoms with Gasteiger partial charge in [-0.3, -0.25) is 9.78 Å². The van der Waals surface area contributed by atoms with E-state index in [9.17, 15) is 13.6 Å². The number of nitrogens with zero attached hydrogens (tertiary/aromatic N) is 2. The first-order valence-corrected chi connectivity index (χ1v) is 5.01. The normalized spacial score (nSPS) is 10.3. The standard InChI is InChI=1S/C10H7ClF2N2O2/c11-2-5-4-15-9(10(12)13)6(1-8(16)17)7(5)3-14/h4,10H,1-2H2,(H,16,17). The lowest BCUT2D eigenvalue weighted by molar-refractivity contribution is -0.136. The summed E-state index contributed by atoms with van der Waals surface area (Å²) >= 11 is 5.53. The van der Waals surface area contributed by atoms with E-state index < -0.39 is 24.5 Å². The van der Waals surface area contributed by atoms with Gasteiger partial charge in [0.15, 0.2) is 0 Å². The smallest absolute Gasteiger partial charge is 0.307 e. The fourth-order valence-electron chi connectivity index (χ4n) is 1.37. The van der Waals surface area contributed by atoms with Crippen LogP contribution in [0.2, 0.25) is 0 Å². The quantitative estimate of drug-likeness (QED) is 0.843. The molecule has 0 radical (unpaired) electrons. The van der Waals surface area contributed by atoms with Gasteiger partial charge in [0.1, 0.15) is 5.69 Å². The molecular weight excluding hydrogens is 254 g/mol. The monoisotopic (exact) mass is 260 g/mol. The summed E-state index contributed by atoms with van der Waals surface area (Å²) in [6, 6.07) is 1.69. The zero-order chi connectivity index (χ0) is 13.0. The number of hydrogen-bond acceptors (Lipinski definition) is 3. The molecule has 1 aromatic rings. The second kappa shape index (κ2) is 5.55. The number of carboxylic acids is 1. The van der Waals surface area contributed by atoms with E-state index in [1.54, 1.807) is 6.07 Å². The molecule has 7 heteroatoms. The van der Waals surface area contributed by atoms with Crippen molar-refractivity contribution in [3.63, 3.8) is 0 Å². The maximum Gasteiger partial charge on any atom is 0.307 e. The first-order valence-electron chi connectivity index (χ1n) is 4.47. The number of halogens is 3. The van der Waals surface area contributed by atoms with Crippen molar-refractivity contribution < 1.29 is 18.7 Å². The van der Waals surface area contributed by atoms with Crippen LogP contribution < -0.4 is 0 Å². The molecule has 1 rings (SSSR count). The Labute approximate surface area is 100 Å². The molecule has 1 aromatic heterocycles. The van der Waals surface area contributed by atoms with Crippen molar-refractivity contribution in [2.75, 3.05) is 0 Å². The second-order valence-corrected chi connectivity index (χ2v) is 3.41. The Morgan fingerprint density at radius 3 is 2.71 bits per heavy atom. The maximum absolute atomic E-state index is 12.6. The molecule has 0 unspecified atom stereocenters. The molecule has 0 aliphatic rings. The van der Waals surface area contributed by atoms with Crippen molar-refractivity contribution in [3.8, 4) is 6.07 Å². The molecule has 1 N–H and O–H groups in total. The van der Waals surface area contributed by atoms with Gasteiger partial charge in [-0.25, -0.2) is 8.78 Å². The molecule has 0 aromatic carbocycles. The Hall–Kier alpha value is -1.74. The average Bonchev–Trinajstić information content (AvgIpc) is 2.27. The minimum Gasteiger partial charge on any atom is -0.481 e. The third-order valence-corrected chi connectivity index (χ3v) is 2.37. The van der Waals surface area contributed by atoms with Gasteiger partial charge < -0.3 is 5.11 Å². The van der Waals surface area contributed by atoms with Crippen LogP contribution in [0.15, 0.2) is 6.20 Å². The van der Waals surface area contributed by atoms with Crippen molar-refractivity contribution in [2.24, 2.45) is 0 Å². The molecule has 0 amide bonds. The lowest BCUT2D eigenvalue weighted by atomic mass is 10.00. The fourth-order valence-corrected chi connectivity index (χ4v) is 1.57. The third-order valence-electron chi connectivity index (χ3n) is 2.08. The Morgan fingerprint density at radius 2 is 2.29 bits per heavy atom. The number of aromatic nitrogens is 1. The van der Waals surface area contributed by atoms with E-state index in [0.29, 0.717) is 0 Å². The van der Waals surface area contributed by atoms with Gasteiger partial charge in [0.2, 0.25) is 0 Å². The predicted octanol–water partition coefficient (Wildman–Crippen LogP) is 2.26. The molecule has 0 aliphatic carbocycles. The molecule has 17 heavy (non-hydrogen) atoms. The van der Waals surface area contributed by atoms with Gasteiger partial charge in [-0.05, 0) is 0 Å². The van der Waals surface area contributed by atoms with Crippen molar-refractivity contribution in [3.05, 3.63) is 28.6 Å². The van der Waals surface area contributed by atoms with Crippen LogP contribution in [-0.2, 0) is 17.1 Å². The summed E-state index contributed by atoms with van der Waals surface area (Å²) < 4.78 is 25.3. The zero-order valence-electron chi connectivity index (χ0n) is 8.45. The summed E-state index contributed by atoms with van der Waals surface area (Å²) in [4.78, 5) is 14.1. The highest BCUT2D eigenvalue weighted by atomic mass is 35.5. The Kier molecular flexibility index (Phi) is 4.35. The molecule has 0 fully saturated rings. The molecule has 90 valence electrons. The van der Waals surface area contributed by atoms with E-state index in [4.69, 9.17) is 22.0 Å². The highest BCUT2D eigenvalue weighted by Crippen LogP contribution is 2.26. The van der Waals surface area contributed by atoms with E-state index in [0.717, 1.165) is 6.20 Å². The predicted molar refractivity (Wildman–Crippen MR) is 54.8 cm³/mol. The molecule has 4 nitrogen and oxygen atoms in total. The summed E-state index contributed by atoms with van der Waals surface area (Å²) in [6.07, 6.45) is -2.54. The number of nitriles is 1. The summed E-state index contributed by atoms with van der Waals surface area (Å²) in [7, 11) is 0. The summed E-state index contributed by atoms with van der Waals surface area (Å²) in [5.41, 5.74) is -0.839. The van der Waals surface area contributed by atoms with Crippen LogP contribution >= 0.6 is 11.6 Å². The van der Waals surface area contributed by atoms with Crippen molar-refractivity contribution in [1.29, 1.82) is 5.26 Å². The number of rotatable bonds is 4. The van der Waals surface area contributed by atoms with Crippen LogP contribution in [0.3, 0.4) is 0 Å². The first kappa shape index (κ1) is 13.3. The highest BCUT2D eigenvalue weighted by molar-refractivity contribution is 6.17. The third kappa shape index (κ3) is 2.88. The summed E-state index contributed by atoms with van der Waals surface area (Å²) in [5, 5.41) is 17.5. The van der Waals surface area contributed by atoms with Gasteiger partial charge in [0.05, 0.1) is 23.9 Å². The molecule has 1 heterocycles. The number of pyridine rings is 1. The van der Waals surface area contributed by atoms with E-state index >= 15 is 0 Å². The van der Waals surface area contributed by atoms with Crippen LogP contribution in [0.4, 0.5) is 8.78 Å². The molecular formula is C10H7ClF2N2O2. The van der Waals surface area contributed by atoms with E-state index in [1.807, 2.05) is 0 Å². The number of carbonyl (C=O) groups is 1. The topological polar surface area (TPSA) is 74.0 Å². The van der Waals surface area contributed by atoms with Crippen LogP contribution in [0, 0.1) is 11.3 Å². The lowest BCUT2D eigenvalue weighted by Crippen LogP contribution is -2.10. The molecule has 0 saturated heterocycles. The first-order chi connectivity index (χ1) is 8.01. The van der Waals surface area contributed by atoms with E-state index in [2.05, 4.69) is 4.98 Å².